The number of carbonyl (C=O) groups is 7. The zero-order valence-corrected chi connectivity index (χ0v) is 29.9. The van der Waals surface area contributed by atoms with Gasteiger partial charge in [0.05, 0.1) is 25.6 Å². The molecule has 2 amide bonds. The molecule has 0 unspecified atom stereocenters. The molecule has 2 N–H and O–H groups in total. The van der Waals surface area contributed by atoms with Crippen LogP contribution in [0.2, 0.25) is 5.02 Å². The summed E-state index contributed by atoms with van der Waals surface area (Å²) in [5, 5.41) is 6.09. The van der Waals surface area contributed by atoms with Gasteiger partial charge < -0.3 is 39.1 Å². The molecule has 3 aromatic rings. The fourth-order valence-electron chi connectivity index (χ4n) is 5.75. The van der Waals surface area contributed by atoms with Gasteiger partial charge >= 0.3 is 23.9 Å². The molecule has 17 heteroatoms. The molecule has 1 aliphatic heterocycles. The fraction of sp³-hybridized carbons (Fsp3) is 0.400. The third-order valence-electron chi connectivity index (χ3n) is 7.93. The van der Waals surface area contributed by atoms with E-state index in [1.165, 1.54) is 11.7 Å². The summed E-state index contributed by atoms with van der Waals surface area (Å²) in [7, 11) is 1.48. The van der Waals surface area contributed by atoms with Gasteiger partial charge in [0.2, 0.25) is 18.1 Å². The second-order valence-corrected chi connectivity index (χ2v) is 12.2. The monoisotopic (exact) mass is 743 g/mol. The minimum Gasteiger partial charge on any atom is -0.497 e. The van der Waals surface area contributed by atoms with Crippen molar-refractivity contribution in [3.05, 3.63) is 64.3 Å². The summed E-state index contributed by atoms with van der Waals surface area (Å²) >= 11 is 6.01. The Morgan fingerprint density at radius 3 is 2.06 bits per heavy atom. The van der Waals surface area contributed by atoms with Crippen LogP contribution in [0.1, 0.15) is 49.3 Å². The number of fused-ring (bicyclic) bond motifs is 1. The molecule has 52 heavy (non-hydrogen) atoms. The van der Waals surface area contributed by atoms with Crippen LogP contribution >= 0.6 is 11.6 Å². The Morgan fingerprint density at radius 2 is 1.46 bits per heavy atom. The van der Waals surface area contributed by atoms with E-state index in [-0.39, 0.29) is 12.3 Å². The van der Waals surface area contributed by atoms with Crippen molar-refractivity contribution in [1.82, 2.24) is 15.2 Å². The molecule has 0 radical (unpaired) electrons. The van der Waals surface area contributed by atoms with Crippen molar-refractivity contribution in [2.24, 2.45) is 0 Å². The van der Waals surface area contributed by atoms with Crippen molar-refractivity contribution < 1.29 is 62.0 Å². The van der Waals surface area contributed by atoms with Crippen LogP contribution in [0.15, 0.2) is 42.5 Å². The highest BCUT2D eigenvalue weighted by atomic mass is 35.5. The maximum absolute atomic E-state index is 13.6. The van der Waals surface area contributed by atoms with E-state index in [4.69, 9.17) is 40.0 Å². The van der Waals surface area contributed by atoms with E-state index in [0.29, 0.717) is 38.5 Å². The van der Waals surface area contributed by atoms with Gasteiger partial charge in [0.1, 0.15) is 24.5 Å². The lowest BCUT2D eigenvalue weighted by atomic mass is 9.96. The van der Waals surface area contributed by atoms with Crippen LogP contribution in [-0.2, 0) is 58.9 Å². The van der Waals surface area contributed by atoms with Crippen LogP contribution in [-0.4, -0.2) is 97.1 Å². The molecule has 1 aromatic heterocycles. The first-order chi connectivity index (χ1) is 24.6. The zero-order chi connectivity index (χ0) is 38.3. The average molecular weight is 744 g/mol. The summed E-state index contributed by atoms with van der Waals surface area (Å²) in [5.74, 6) is -4.46. The lowest BCUT2D eigenvalue weighted by molar-refractivity contribution is -0.271. The van der Waals surface area contributed by atoms with E-state index in [1.807, 2.05) is 0 Å². The highest BCUT2D eigenvalue weighted by molar-refractivity contribution is 6.30. The summed E-state index contributed by atoms with van der Waals surface area (Å²) in [6.45, 7) is 4.96. The number of benzene rings is 2. The van der Waals surface area contributed by atoms with Gasteiger partial charge in [-0.05, 0) is 55.0 Å². The Balaban J connectivity index is 1.56. The van der Waals surface area contributed by atoms with Gasteiger partial charge in [0.15, 0.2) is 12.2 Å². The Hall–Kier alpha value is -5.48. The highest BCUT2D eigenvalue weighted by Gasteiger charge is 2.52. The van der Waals surface area contributed by atoms with Gasteiger partial charge in [-0.2, -0.15) is 0 Å². The first-order valence-corrected chi connectivity index (χ1v) is 16.3. The van der Waals surface area contributed by atoms with Gasteiger partial charge in [-0.15, -0.1) is 0 Å². The summed E-state index contributed by atoms with van der Waals surface area (Å²) in [6, 6.07) is 10.0. The topological polar surface area (TPSA) is 204 Å². The number of halogens is 1. The number of hydrogen-bond donors (Lipinski definition) is 2. The maximum atomic E-state index is 13.6. The highest BCUT2D eigenvalue weighted by Crippen LogP contribution is 2.31. The van der Waals surface area contributed by atoms with Crippen LogP contribution in [0.4, 0.5) is 0 Å². The number of rotatable bonds is 12. The minimum atomic E-state index is -1.60. The van der Waals surface area contributed by atoms with Gasteiger partial charge in [0, 0.05) is 49.4 Å². The summed E-state index contributed by atoms with van der Waals surface area (Å²) in [5.41, 5.74) is 1.88. The van der Waals surface area contributed by atoms with Crippen LogP contribution in [0.25, 0.3) is 10.9 Å². The molecule has 0 bridgehead atoms. The Labute approximate surface area is 302 Å². The van der Waals surface area contributed by atoms with E-state index in [9.17, 15) is 33.6 Å². The standard InChI is InChI=1S/C35H38ClN3O13/c1-17-25(26-13-24(47-6)11-12-27(26)39(17)34(46)22-7-9-23(36)10-8-22)14-29(44)37-15-30(45)38-31-33(50-20(4)42)32(49-19(3)41)28(16-48-18(2)40)52-35(31)51-21(5)43/h7-13,28,31-33,35H,14-16H2,1-6H3,(H,37,44)(H,38,45)/t28-,31-,32-,33-,35-/m1/s1. The fourth-order valence-corrected chi connectivity index (χ4v) is 5.88. The van der Waals surface area contributed by atoms with E-state index >= 15 is 0 Å². The molecule has 1 aliphatic rings. The first-order valence-electron chi connectivity index (χ1n) is 15.9. The SMILES string of the molecule is COc1ccc2c(c1)c(CC(=O)NCC(=O)N[C@H]1[C@H](OC(C)=O)O[C@H](COC(C)=O)[C@@H](OC(C)=O)[C@@H]1OC(C)=O)c(C)n2C(=O)c1ccc(Cl)cc1. The lowest BCUT2D eigenvalue weighted by Crippen LogP contribution is -2.67. The number of esters is 4. The number of nitrogens with one attached hydrogen (secondary N) is 2. The molecule has 2 aromatic carbocycles. The molecule has 4 rings (SSSR count). The Bertz CT molecular complexity index is 1870. The van der Waals surface area contributed by atoms with Gasteiger partial charge in [0.25, 0.3) is 5.91 Å². The van der Waals surface area contributed by atoms with E-state index < -0.39 is 79.5 Å². The molecular weight excluding hydrogens is 706 g/mol. The Morgan fingerprint density at radius 1 is 0.827 bits per heavy atom. The normalized spacial score (nSPS) is 19.6. The molecular formula is C35H38ClN3O13. The van der Waals surface area contributed by atoms with E-state index in [0.717, 1.165) is 27.7 Å². The molecule has 1 fully saturated rings. The van der Waals surface area contributed by atoms with E-state index in [2.05, 4.69) is 10.6 Å². The van der Waals surface area contributed by atoms with Crippen molar-refractivity contribution in [2.45, 2.75) is 71.7 Å². The maximum Gasteiger partial charge on any atom is 0.305 e. The third-order valence-corrected chi connectivity index (χ3v) is 8.18. The zero-order valence-electron chi connectivity index (χ0n) is 29.2. The Kier molecular flexibility index (Phi) is 13.0. The molecule has 0 aliphatic carbocycles. The number of nitrogens with zero attached hydrogens (tertiary/aromatic N) is 1. The van der Waals surface area contributed by atoms with Gasteiger partial charge in [-0.1, -0.05) is 11.6 Å². The predicted octanol–water partition coefficient (Wildman–Crippen LogP) is 2.16. The molecule has 1 saturated heterocycles. The van der Waals surface area contributed by atoms with Gasteiger partial charge in [-0.3, -0.25) is 38.1 Å². The third kappa shape index (κ3) is 9.64. The molecule has 278 valence electrons. The van der Waals surface area contributed by atoms with E-state index in [1.54, 1.807) is 49.4 Å². The quantitative estimate of drug-likeness (QED) is 0.202. The molecule has 0 saturated carbocycles. The lowest BCUT2D eigenvalue weighted by Gasteiger charge is -2.44. The smallest absolute Gasteiger partial charge is 0.305 e. The number of aromatic nitrogens is 1. The molecule has 0 spiro atoms. The van der Waals surface area contributed by atoms with Crippen LogP contribution < -0.4 is 15.4 Å². The van der Waals surface area contributed by atoms with Crippen molar-refractivity contribution in [3.8, 4) is 5.75 Å². The molecule has 2 heterocycles. The molecule has 16 nitrogen and oxygen atoms in total. The number of methoxy groups -OCH3 is 1. The van der Waals surface area contributed by atoms with Crippen molar-refractivity contribution >= 4 is 64.1 Å². The minimum absolute atomic E-state index is 0.241. The number of ether oxygens (including phenoxy) is 6. The number of carbonyl (C=O) groups excluding carboxylic acids is 7. The summed E-state index contributed by atoms with van der Waals surface area (Å²) < 4.78 is 33.7. The van der Waals surface area contributed by atoms with Crippen LogP contribution in [0, 0.1) is 6.92 Å². The summed E-state index contributed by atoms with van der Waals surface area (Å²) in [6.07, 6.45) is -6.02. The second-order valence-electron chi connectivity index (χ2n) is 11.7. The number of amides is 2. The van der Waals surface area contributed by atoms with Crippen molar-refractivity contribution in [2.75, 3.05) is 20.3 Å². The van der Waals surface area contributed by atoms with Crippen molar-refractivity contribution in [3.63, 3.8) is 0 Å². The number of hydrogen-bond acceptors (Lipinski definition) is 13. The van der Waals surface area contributed by atoms with Crippen LogP contribution in [0.5, 0.6) is 5.75 Å². The summed E-state index contributed by atoms with van der Waals surface area (Å²) in [4.78, 5) is 87.9. The first kappa shape index (κ1) is 39.3. The van der Waals surface area contributed by atoms with Gasteiger partial charge in [-0.25, -0.2) is 0 Å². The molecule has 5 atom stereocenters. The predicted molar refractivity (Wildman–Crippen MR) is 181 cm³/mol. The van der Waals surface area contributed by atoms with Crippen LogP contribution in [0.3, 0.4) is 0 Å². The largest absolute Gasteiger partial charge is 0.497 e. The van der Waals surface area contributed by atoms with Crippen molar-refractivity contribution in [1.29, 1.82) is 0 Å². The average Bonchev–Trinajstić information content (AvgIpc) is 3.34. The second kappa shape index (κ2) is 17.2.